The van der Waals surface area contributed by atoms with Gasteiger partial charge in [0.1, 0.15) is 10.7 Å². The van der Waals surface area contributed by atoms with E-state index in [1.54, 1.807) is 26.0 Å². The predicted octanol–water partition coefficient (Wildman–Crippen LogP) is 4.04. The number of nitrogens with zero attached hydrogens (tertiary/aromatic N) is 1. The van der Waals surface area contributed by atoms with Crippen LogP contribution in [0.1, 0.15) is 71.9 Å². The number of rotatable bonds is 5. The van der Waals surface area contributed by atoms with Crippen molar-refractivity contribution in [1.29, 1.82) is 0 Å². The largest absolute Gasteiger partial charge is 0.345 e. The van der Waals surface area contributed by atoms with Gasteiger partial charge in [-0.15, -0.1) is 0 Å². The van der Waals surface area contributed by atoms with Crippen molar-refractivity contribution in [2.45, 2.75) is 56.5 Å². The van der Waals surface area contributed by atoms with E-state index in [0.29, 0.717) is 0 Å². The molecule has 0 aromatic heterocycles. The van der Waals surface area contributed by atoms with Gasteiger partial charge in [0, 0.05) is 11.6 Å². The number of carbonyl (C=O) groups is 2. The summed E-state index contributed by atoms with van der Waals surface area (Å²) in [5, 5.41) is 3.02. The summed E-state index contributed by atoms with van der Waals surface area (Å²) in [5.74, 6) is -1.11. The van der Waals surface area contributed by atoms with Crippen molar-refractivity contribution >= 4 is 21.8 Å². The van der Waals surface area contributed by atoms with Crippen LogP contribution in [0.25, 0.3) is 0 Å². The van der Waals surface area contributed by atoms with Gasteiger partial charge in [-0.05, 0) is 68.5 Å². The molecule has 2 aliphatic rings. The van der Waals surface area contributed by atoms with Crippen molar-refractivity contribution in [3.8, 4) is 0 Å². The Morgan fingerprint density at radius 1 is 1.10 bits per heavy atom. The number of amides is 2. The van der Waals surface area contributed by atoms with Gasteiger partial charge >= 0.3 is 0 Å². The predicted molar refractivity (Wildman–Crippen MR) is 113 cm³/mol. The third-order valence-electron chi connectivity index (χ3n) is 6.07. The van der Waals surface area contributed by atoms with Crippen molar-refractivity contribution in [1.82, 2.24) is 9.62 Å². The van der Waals surface area contributed by atoms with Gasteiger partial charge < -0.3 is 5.32 Å². The zero-order chi connectivity index (χ0) is 22.3. The van der Waals surface area contributed by atoms with Crippen molar-refractivity contribution < 1.29 is 22.4 Å². The van der Waals surface area contributed by atoms with Crippen LogP contribution in [-0.2, 0) is 10.0 Å². The molecule has 1 saturated carbocycles. The maximum absolute atomic E-state index is 13.4. The summed E-state index contributed by atoms with van der Waals surface area (Å²) in [6, 6.07) is 9.42. The first-order chi connectivity index (χ1) is 14.7. The number of halogens is 1. The summed E-state index contributed by atoms with van der Waals surface area (Å²) in [6.07, 6.45) is 4.06. The summed E-state index contributed by atoms with van der Waals surface area (Å²) >= 11 is 0. The molecule has 1 atom stereocenters. The fourth-order valence-corrected chi connectivity index (χ4v) is 6.35. The fourth-order valence-electron chi connectivity index (χ4n) is 4.56. The van der Waals surface area contributed by atoms with E-state index in [-0.39, 0.29) is 33.8 Å². The normalized spacial score (nSPS) is 19.0. The molecule has 6 nitrogen and oxygen atoms in total. The molecule has 8 heteroatoms. The van der Waals surface area contributed by atoms with E-state index in [0.717, 1.165) is 35.6 Å². The van der Waals surface area contributed by atoms with E-state index in [1.807, 2.05) is 0 Å². The molecule has 2 amide bonds. The highest BCUT2D eigenvalue weighted by molar-refractivity contribution is 7.90. The number of hydrogen-bond donors (Lipinski definition) is 1. The minimum absolute atomic E-state index is 0.0797. The molecule has 2 aromatic rings. The standard InChI is InChI=1S/C23H25FN2O4S/c1-14(2)26-23(28)19-12-9-17(13-20(19)31(26,29)30)22(27)25-21(15-5-3-4-6-15)16-7-10-18(24)11-8-16/h7-15,21H,3-6H2,1-2H3,(H,25,27). The Balaban J connectivity index is 1.65. The lowest BCUT2D eigenvalue weighted by Crippen LogP contribution is -2.36. The Bertz CT molecular complexity index is 1120. The lowest BCUT2D eigenvalue weighted by molar-refractivity contribution is 0.0845. The second-order valence-corrected chi connectivity index (χ2v) is 10.2. The van der Waals surface area contributed by atoms with Gasteiger partial charge in [0.05, 0.1) is 11.6 Å². The molecular weight excluding hydrogens is 419 g/mol. The minimum atomic E-state index is -3.99. The molecule has 0 spiro atoms. The van der Waals surface area contributed by atoms with Gasteiger partial charge in [-0.3, -0.25) is 9.59 Å². The first-order valence-electron chi connectivity index (χ1n) is 10.5. The van der Waals surface area contributed by atoms with E-state index in [1.165, 1.54) is 30.3 Å². The highest BCUT2D eigenvalue weighted by Crippen LogP contribution is 2.37. The lowest BCUT2D eigenvalue weighted by atomic mass is 9.91. The zero-order valence-electron chi connectivity index (χ0n) is 17.5. The molecular formula is C23H25FN2O4S. The monoisotopic (exact) mass is 444 g/mol. The summed E-state index contributed by atoms with van der Waals surface area (Å²) in [5.41, 5.74) is 1.07. The highest BCUT2D eigenvalue weighted by Gasteiger charge is 2.43. The van der Waals surface area contributed by atoms with Gasteiger partial charge in [0.2, 0.25) is 0 Å². The molecule has 164 valence electrons. The van der Waals surface area contributed by atoms with E-state index in [2.05, 4.69) is 5.32 Å². The molecule has 4 rings (SSSR count). The summed E-state index contributed by atoms with van der Waals surface area (Å²) < 4.78 is 39.9. The maximum Gasteiger partial charge on any atom is 0.269 e. The van der Waals surface area contributed by atoms with E-state index in [9.17, 15) is 22.4 Å². The van der Waals surface area contributed by atoms with Crippen molar-refractivity contribution in [3.63, 3.8) is 0 Å². The molecule has 0 radical (unpaired) electrons. The first kappa shape index (κ1) is 21.5. The molecule has 1 heterocycles. The third-order valence-corrected chi connectivity index (χ3v) is 8.07. The molecule has 0 saturated heterocycles. The number of benzene rings is 2. The lowest BCUT2D eigenvalue weighted by Gasteiger charge is -2.25. The van der Waals surface area contributed by atoms with Gasteiger partial charge in [-0.2, -0.15) is 0 Å². The molecule has 2 aromatic carbocycles. The van der Waals surface area contributed by atoms with Crippen LogP contribution in [0.4, 0.5) is 4.39 Å². The van der Waals surface area contributed by atoms with Gasteiger partial charge in [0.15, 0.2) is 0 Å². The smallest absolute Gasteiger partial charge is 0.269 e. The van der Waals surface area contributed by atoms with E-state index >= 15 is 0 Å². The summed E-state index contributed by atoms with van der Waals surface area (Å²) in [4.78, 5) is 25.5. The van der Waals surface area contributed by atoms with Crippen LogP contribution in [0.2, 0.25) is 0 Å². The van der Waals surface area contributed by atoms with E-state index < -0.39 is 27.9 Å². The molecule has 1 unspecified atom stereocenters. The zero-order valence-corrected chi connectivity index (χ0v) is 18.3. The third kappa shape index (κ3) is 3.84. The number of carbonyl (C=O) groups excluding carboxylic acids is 2. The Hall–Kier alpha value is -2.74. The Morgan fingerprint density at radius 3 is 2.35 bits per heavy atom. The molecule has 1 aliphatic heterocycles. The Labute approximate surface area is 181 Å². The average Bonchev–Trinajstić information content (AvgIpc) is 3.32. The molecule has 0 bridgehead atoms. The number of nitrogens with one attached hydrogen (secondary N) is 1. The van der Waals surface area contributed by atoms with Crippen molar-refractivity contribution in [3.05, 3.63) is 65.0 Å². The van der Waals surface area contributed by atoms with Crippen LogP contribution in [0.3, 0.4) is 0 Å². The van der Waals surface area contributed by atoms with Crippen LogP contribution in [0.15, 0.2) is 47.4 Å². The topological polar surface area (TPSA) is 83.6 Å². The van der Waals surface area contributed by atoms with Crippen molar-refractivity contribution in [2.75, 3.05) is 0 Å². The number of hydrogen-bond acceptors (Lipinski definition) is 4. The van der Waals surface area contributed by atoms with Gasteiger partial charge in [-0.25, -0.2) is 17.1 Å². The Kier molecular flexibility index (Phi) is 5.60. The second-order valence-electron chi connectivity index (χ2n) is 8.46. The maximum atomic E-state index is 13.4. The fraction of sp³-hybridized carbons (Fsp3) is 0.391. The molecule has 1 fully saturated rings. The quantitative estimate of drug-likeness (QED) is 0.754. The average molecular weight is 445 g/mol. The molecule has 31 heavy (non-hydrogen) atoms. The number of sulfonamides is 1. The molecule has 1 N–H and O–H groups in total. The van der Waals surface area contributed by atoms with Crippen LogP contribution < -0.4 is 5.32 Å². The second kappa shape index (κ2) is 8.07. The van der Waals surface area contributed by atoms with Gasteiger partial charge in [-0.1, -0.05) is 25.0 Å². The highest BCUT2D eigenvalue weighted by atomic mass is 32.2. The van der Waals surface area contributed by atoms with Crippen LogP contribution in [0.5, 0.6) is 0 Å². The number of fused-ring (bicyclic) bond motifs is 1. The Morgan fingerprint density at radius 2 is 1.74 bits per heavy atom. The van der Waals surface area contributed by atoms with Gasteiger partial charge in [0.25, 0.3) is 21.8 Å². The van der Waals surface area contributed by atoms with Crippen LogP contribution >= 0.6 is 0 Å². The van der Waals surface area contributed by atoms with Crippen LogP contribution in [-0.4, -0.2) is 30.6 Å². The van der Waals surface area contributed by atoms with Crippen LogP contribution in [0, 0.1) is 11.7 Å². The summed E-state index contributed by atoms with van der Waals surface area (Å²) in [7, 11) is -3.99. The first-order valence-corrected chi connectivity index (χ1v) is 11.9. The summed E-state index contributed by atoms with van der Waals surface area (Å²) in [6.45, 7) is 3.26. The minimum Gasteiger partial charge on any atom is -0.345 e. The molecule has 1 aliphatic carbocycles. The van der Waals surface area contributed by atoms with E-state index in [4.69, 9.17) is 0 Å². The SMILES string of the molecule is CC(C)N1C(=O)c2ccc(C(=O)NC(c3ccc(F)cc3)C3CCCC3)cc2S1(=O)=O. The van der Waals surface area contributed by atoms with Crippen molar-refractivity contribution in [2.24, 2.45) is 5.92 Å².